The molecule has 3 heteroatoms. The molecule has 1 aromatic heterocycles. The number of aromatic amines is 1. The van der Waals surface area contributed by atoms with Crippen LogP contribution in [0.4, 0.5) is 0 Å². The lowest BCUT2D eigenvalue weighted by atomic mass is 9.94. The van der Waals surface area contributed by atoms with Crippen LogP contribution in [-0.2, 0) is 6.42 Å². The van der Waals surface area contributed by atoms with Crippen molar-refractivity contribution in [1.29, 1.82) is 0 Å². The molecule has 3 rings (SSSR count). The van der Waals surface area contributed by atoms with Gasteiger partial charge in [0, 0.05) is 18.0 Å². The number of H-pyrrole nitrogens is 1. The van der Waals surface area contributed by atoms with Gasteiger partial charge in [0.05, 0.1) is 5.69 Å². The van der Waals surface area contributed by atoms with Gasteiger partial charge in [-0.25, -0.2) is 4.98 Å². The maximum absolute atomic E-state index is 4.79. The number of aromatic nitrogens is 2. The quantitative estimate of drug-likeness (QED) is 0.817. The Hall–Kier alpha value is -0.830. The highest BCUT2D eigenvalue weighted by atomic mass is 14.9. The van der Waals surface area contributed by atoms with E-state index in [1.54, 1.807) is 0 Å². The smallest absolute Gasteiger partial charge is 0.106 e. The standard InChI is InChI=1S/C13H21N3/c1-9-13(11-2-3-11)16-12(15-9)8-10-4-6-14-7-5-10/h10-11,14H,2-8H2,1H3,(H,15,16). The monoisotopic (exact) mass is 219 g/mol. The summed E-state index contributed by atoms with van der Waals surface area (Å²) < 4.78 is 0. The van der Waals surface area contributed by atoms with Gasteiger partial charge in [-0.1, -0.05) is 0 Å². The molecule has 0 amide bonds. The topological polar surface area (TPSA) is 40.7 Å². The molecule has 16 heavy (non-hydrogen) atoms. The molecule has 1 aliphatic carbocycles. The Morgan fingerprint density at radius 1 is 1.19 bits per heavy atom. The maximum Gasteiger partial charge on any atom is 0.106 e. The number of hydrogen-bond acceptors (Lipinski definition) is 2. The Morgan fingerprint density at radius 3 is 2.62 bits per heavy atom. The van der Waals surface area contributed by atoms with E-state index >= 15 is 0 Å². The molecule has 0 bridgehead atoms. The lowest BCUT2D eigenvalue weighted by molar-refractivity contribution is 0.368. The van der Waals surface area contributed by atoms with E-state index in [4.69, 9.17) is 4.98 Å². The van der Waals surface area contributed by atoms with Gasteiger partial charge in [-0.2, -0.15) is 0 Å². The third-order valence-corrected chi connectivity index (χ3v) is 3.88. The molecule has 1 aromatic rings. The first kappa shape index (κ1) is 10.3. The predicted molar refractivity (Wildman–Crippen MR) is 64.6 cm³/mol. The Labute approximate surface area is 97.0 Å². The summed E-state index contributed by atoms with van der Waals surface area (Å²) >= 11 is 0. The average molecular weight is 219 g/mol. The molecule has 3 nitrogen and oxygen atoms in total. The summed E-state index contributed by atoms with van der Waals surface area (Å²) in [5.41, 5.74) is 2.66. The molecule has 0 unspecified atom stereocenters. The molecule has 2 fully saturated rings. The van der Waals surface area contributed by atoms with Gasteiger partial charge in [0.15, 0.2) is 0 Å². The summed E-state index contributed by atoms with van der Waals surface area (Å²) in [4.78, 5) is 8.27. The molecule has 0 aromatic carbocycles. The first-order valence-corrected chi connectivity index (χ1v) is 6.59. The van der Waals surface area contributed by atoms with Crippen LogP contribution in [0, 0.1) is 12.8 Å². The number of nitrogens with zero attached hydrogens (tertiary/aromatic N) is 1. The molecular weight excluding hydrogens is 198 g/mol. The zero-order valence-corrected chi connectivity index (χ0v) is 10.1. The van der Waals surface area contributed by atoms with Crippen LogP contribution < -0.4 is 5.32 Å². The van der Waals surface area contributed by atoms with Gasteiger partial charge in [0.25, 0.3) is 0 Å². The van der Waals surface area contributed by atoms with Crippen LogP contribution in [0.1, 0.15) is 48.8 Å². The van der Waals surface area contributed by atoms with E-state index in [9.17, 15) is 0 Å². The Bertz CT molecular complexity index is 359. The van der Waals surface area contributed by atoms with Crippen LogP contribution >= 0.6 is 0 Å². The highest BCUT2D eigenvalue weighted by molar-refractivity contribution is 5.22. The predicted octanol–water partition coefficient (Wildman–Crippen LogP) is 2.14. The summed E-state index contributed by atoms with van der Waals surface area (Å²) in [6.07, 6.45) is 6.45. The van der Waals surface area contributed by atoms with Gasteiger partial charge in [-0.05, 0) is 51.6 Å². The molecule has 0 spiro atoms. The van der Waals surface area contributed by atoms with Crippen molar-refractivity contribution in [2.24, 2.45) is 5.92 Å². The molecule has 1 aliphatic heterocycles. The fourth-order valence-electron chi connectivity index (χ4n) is 2.75. The Balaban J connectivity index is 1.66. The second kappa shape index (κ2) is 4.21. The number of imidazole rings is 1. The zero-order chi connectivity index (χ0) is 11.0. The number of piperidine rings is 1. The molecular formula is C13H21N3. The highest BCUT2D eigenvalue weighted by Gasteiger charge is 2.28. The first-order valence-electron chi connectivity index (χ1n) is 6.59. The third kappa shape index (κ3) is 2.14. The SMILES string of the molecule is Cc1[nH]c(CC2CCNCC2)nc1C1CC1. The average Bonchev–Trinajstić information content (AvgIpc) is 3.06. The summed E-state index contributed by atoms with van der Waals surface area (Å²) in [7, 11) is 0. The van der Waals surface area contributed by atoms with E-state index < -0.39 is 0 Å². The van der Waals surface area contributed by atoms with Gasteiger partial charge < -0.3 is 10.3 Å². The van der Waals surface area contributed by atoms with Crippen molar-refractivity contribution in [2.75, 3.05) is 13.1 Å². The summed E-state index contributed by atoms with van der Waals surface area (Å²) in [6.45, 7) is 4.53. The van der Waals surface area contributed by atoms with Gasteiger partial charge in [0.2, 0.25) is 0 Å². The normalized spacial score (nSPS) is 22.6. The van der Waals surface area contributed by atoms with Crippen LogP contribution in [0.25, 0.3) is 0 Å². The van der Waals surface area contributed by atoms with Crippen molar-refractivity contribution in [3.63, 3.8) is 0 Å². The van der Waals surface area contributed by atoms with Gasteiger partial charge in [0.1, 0.15) is 5.82 Å². The molecule has 88 valence electrons. The van der Waals surface area contributed by atoms with Crippen LogP contribution in [0.15, 0.2) is 0 Å². The van der Waals surface area contributed by atoms with Crippen LogP contribution in [0.2, 0.25) is 0 Å². The van der Waals surface area contributed by atoms with E-state index in [1.807, 2.05) is 0 Å². The summed E-state index contributed by atoms with van der Waals surface area (Å²) in [6, 6.07) is 0. The molecule has 0 radical (unpaired) electrons. The molecule has 1 saturated heterocycles. The molecule has 2 aliphatic rings. The van der Waals surface area contributed by atoms with Gasteiger partial charge in [-0.15, -0.1) is 0 Å². The van der Waals surface area contributed by atoms with E-state index in [1.165, 1.54) is 56.0 Å². The van der Waals surface area contributed by atoms with Crippen molar-refractivity contribution >= 4 is 0 Å². The van der Waals surface area contributed by atoms with Crippen LogP contribution in [0.3, 0.4) is 0 Å². The van der Waals surface area contributed by atoms with Gasteiger partial charge in [-0.3, -0.25) is 0 Å². The lowest BCUT2D eigenvalue weighted by Crippen LogP contribution is -2.28. The van der Waals surface area contributed by atoms with Gasteiger partial charge >= 0.3 is 0 Å². The molecule has 2 N–H and O–H groups in total. The highest BCUT2D eigenvalue weighted by Crippen LogP contribution is 2.40. The minimum atomic E-state index is 0.776. The number of rotatable bonds is 3. The zero-order valence-electron chi connectivity index (χ0n) is 10.1. The van der Waals surface area contributed by atoms with E-state index in [0.29, 0.717) is 0 Å². The molecule has 0 atom stereocenters. The lowest BCUT2D eigenvalue weighted by Gasteiger charge is -2.21. The minimum Gasteiger partial charge on any atom is -0.346 e. The van der Waals surface area contributed by atoms with E-state index in [2.05, 4.69) is 17.2 Å². The second-order valence-electron chi connectivity index (χ2n) is 5.37. The minimum absolute atomic E-state index is 0.776. The summed E-state index contributed by atoms with van der Waals surface area (Å²) in [5, 5.41) is 3.41. The Morgan fingerprint density at radius 2 is 1.94 bits per heavy atom. The van der Waals surface area contributed by atoms with Crippen molar-refractivity contribution in [3.05, 3.63) is 17.2 Å². The van der Waals surface area contributed by atoms with E-state index in [-0.39, 0.29) is 0 Å². The number of hydrogen-bond donors (Lipinski definition) is 2. The Kier molecular flexibility index (Phi) is 2.72. The van der Waals surface area contributed by atoms with E-state index in [0.717, 1.165) is 18.3 Å². The van der Waals surface area contributed by atoms with Crippen molar-refractivity contribution in [1.82, 2.24) is 15.3 Å². The first-order chi connectivity index (χ1) is 7.83. The van der Waals surface area contributed by atoms with Crippen LogP contribution in [0.5, 0.6) is 0 Å². The fourth-order valence-corrected chi connectivity index (χ4v) is 2.75. The molecule has 2 heterocycles. The van der Waals surface area contributed by atoms with Crippen LogP contribution in [-0.4, -0.2) is 23.1 Å². The van der Waals surface area contributed by atoms with Crippen molar-refractivity contribution in [2.45, 2.75) is 44.9 Å². The number of nitrogens with one attached hydrogen (secondary N) is 2. The summed E-state index contributed by atoms with van der Waals surface area (Å²) in [5.74, 6) is 2.84. The third-order valence-electron chi connectivity index (χ3n) is 3.88. The van der Waals surface area contributed by atoms with Crippen molar-refractivity contribution < 1.29 is 0 Å². The maximum atomic E-state index is 4.79. The number of aryl methyl sites for hydroxylation is 1. The fraction of sp³-hybridized carbons (Fsp3) is 0.769. The van der Waals surface area contributed by atoms with Crippen molar-refractivity contribution in [3.8, 4) is 0 Å². The second-order valence-corrected chi connectivity index (χ2v) is 5.37. The largest absolute Gasteiger partial charge is 0.346 e. The molecule has 1 saturated carbocycles.